The molecule has 0 atom stereocenters. The summed E-state index contributed by atoms with van der Waals surface area (Å²) in [6.45, 7) is 1.94. The molecule has 3 nitrogen and oxygen atoms in total. The topological polar surface area (TPSA) is 33.2 Å². The van der Waals surface area contributed by atoms with Gasteiger partial charge in [0.15, 0.2) is 5.13 Å². The summed E-state index contributed by atoms with van der Waals surface area (Å²) in [6, 6.07) is 11.7. The number of amides is 1. The molecule has 21 heavy (non-hydrogen) atoms. The highest BCUT2D eigenvalue weighted by Crippen LogP contribution is 2.29. The monoisotopic (exact) mass is 314 g/mol. The van der Waals surface area contributed by atoms with Crippen molar-refractivity contribution in [2.45, 2.75) is 13.3 Å². The first-order valence-corrected chi connectivity index (χ1v) is 8.37. The van der Waals surface area contributed by atoms with Crippen LogP contribution in [0.1, 0.15) is 11.3 Å². The Hall–Kier alpha value is -1.98. The molecule has 0 saturated carbocycles. The Labute approximate surface area is 131 Å². The van der Waals surface area contributed by atoms with Gasteiger partial charge in [-0.25, -0.2) is 4.98 Å². The van der Waals surface area contributed by atoms with E-state index in [9.17, 15) is 4.79 Å². The van der Waals surface area contributed by atoms with Crippen molar-refractivity contribution in [2.75, 3.05) is 4.90 Å². The van der Waals surface area contributed by atoms with Crippen molar-refractivity contribution in [1.82, 2.24) is 4.98 Å². The largest absolute Gasteiger partial charge is 0.274 e. The predicted molar refractivity (Wildman–Crippen MR) is 88.5 cm³/mol. The molecule has 0 aliphatic heterocycles. The summed E-state index contributed by atoms with van der Waals surface area (Å²) < 4.78 is 0. The molecule has 0 radical (unpaired) electrons. The fraction of sp³-hybridized carbons (Fsp3) is 0.125. The number of carbonyl (C=O) groups is 1. The van der Waals surface area contributed by atoms with E-state index in [0.717, 1.165) is 22.1 Å². The van der Waals surface area contributed by atoms with Gasteiger partial charge < -0.3 is 0 Å². The van der Waals surface area contributed by atoms with Crippen molar-refractivity contribution >= 4 is 39.4 Å². The first kappa shape index (κ1) is 14.0. The van der Waals surface area contributed by atoms with Crippen molar-refractivity contribution in [3.63, 3.8) is 0 Å². The minimum atomic E-state index is 0.0361. The van der Waals surface area contributed by atoms with Crippen molar-refractivity contribution in [2.24, 2.45) is 0 Å². The number of carbonyl (C=O) groups excluding carboxylic acids is 1. The lowest BCUT2D eigenvalue weighted by Crippen LogP contribution is -2.27. The van der Waals surface area contributed by atoms with Gasteiger partial charge in [-0.3, -0.25) is 9.69 Å². The summed E-state index contributed by atoms with van der Waals surface area (Å²) in [5.41, 5.74) is 2.82. The zero-order chi connectivity index (χ0) is 14.7. The number of hydrogen-bond acceptors (Lipinski definition) is 4. The fourth-order valence-corrected chi connectivity index (χ4v) is 3.54. The number of thiophene rings is 1. The van der Waals surface area contributed by atoms with Crippen LogP contribution in [0, 0.1) is 6.92 Å². The number of aryl methyl sites for hydroxylation is 1. The number of para-hydroxylation sites is 1. The quantitative estimate of drug-likeness (QED) is 0.714. The Morgan fingerprint density at radius 1 is 1.19 bits per heavy atom. The van der Waals surface area contributed by atoms with Gasteiger partial charge in [-0.1, -0.05) is 18.2 Å². The third-order valence-electron chi connectivity index (χ3n) is 3.00. The molecule has 0 N–H and O–H groups in total. The molecule has 1 aromatic carbocycles. The van der Waals surface area contributed by atoms with Crippen molar-refractivity contribution in [1.29, 1.82) is 0 Å². The van der Waals surface area contributed by atoms with E-state index in [4.69, 9.17) is 0 Å². The van der Waals surface area contributed by atoms with Gasteiger partial charge in [0, 0.05) is 5.38 Å². The van der Waals surface area contributed by atoms with Gasteiger partial charge in [0.2, 0.25) is 5.91 Å². The van der Waals surface area contributed by atoms with Gasteiger partial charge in [-0.05, 0) is 41.4 Å². The minimum Gasteiger partial charge on any atom is -0.274 e. The lowest BCUT2D eigenvalue weighted by atomic mass is 10.2. The van der Waals surface area contributed by atoms with Gasteiger partial charge in [0.1, 0.15) is 0 Å². The van der Waals surface area contributed by atoms with Crippen molar-refractivity contribution in [3.8, 4) is 0 Å². The molecule has 0 saturated heterocycles. The normalized spacial score (nSPS) is 10.5. The second-order valence-corrected chi connectivity index (χ2v) is 6.26. The first-order chi connectivity index (χ1) is 10.2. The number of anilines is 2. The summed E-state index contributed by atoms with van der Waals surface area (Å²) in [7, 11) is 0. The smallest absolute Gasteiger partial charge is 0.237 e. The lowest BCUT2D eigenvalue weighted by molar-refractivity contribution is -0.117. The van der Waals surface area contributed by atoms with E-state index in [0.29, 0.717) is 6.42 Å². The zero-order valence-corrected chi connectivity index (χ0v) is 13.2. The number of nitrogens with zero attached hydrogens (tertiary/aromatic N) is 2. The second-order valence-electron chi connectivity index (χ2n) is 4.64. The van der Waals surface area contributed by atoms with E-state index in [1.807, 2.05) is 59.5 Å². The van der Waals surface area contributed by atoms with Crippen LogP contribution < -0.4 is 4.90 Å². The Morgan fingerprint density at radius 3 is 2.62 bits per heavy atom. The zero-order valence-electron chi connectivity index (χ0n) is 11.5. The SMILES string of the molecule is Cc1csc(N(C(=O)Cc2ccsc2)c2ccccc2)n1. The molecule has 3 rings (SSSR count). The molecule has 0 unspecified atom stereocenters. The van der Waals surface area contributed by atoms with Crippen LogP contribution in [0.4, 0.5) is 10.8 Å². The Bertz CT molecular complexity index is 720. The maximum Gasteiger partial charge on any atom is 0.237 e. The second kappa shape index (κ2) is 6.20. The molecule has 0 aliphatic rings. The van der Waals surface area contributed by atoms with E-state index < -0.39 is 0 Å². The Morgan fingerprint density at radius 2 is 2.00 bits per heavy atom. The maximum atomic E-state index is 12.7. The van der Waals surface area contributed by atoms with Crippen LogP contribution in [-0.2, 0) is 11.2 Å². The molecular weight excluding hydrogens is 300 g/mol. The maximum absolute atomic E-state index is 12.7. The molecule has 3 aromatic rings. The third kappa shape index (κ3) is 3.20. The Balaban J connectivity index is 1.94. The number of hydrogen-bond donors (Lipinski definition) is 0. The van der Waals surface area contributed by atoms with Gasteiger partial charge in [-0.15, -0.1) is 11.3 Å². The van der Waals surface area contributed by atoms with E-state index >= 15 is 0 Å². The standard InChI is InChI=1S/C16H14N2OS2/c1-12-10-21-16(17-12)18(14-5-3-2-4-6-14)15(19)9-13-7-8-20-11-13/h2-8,10-11H,9H2,1H3. The molecule has 0 bridgehead atoms. The summed E-state index contributed by atoms with van der Waals surface area (Å²) in [6.07, 6.45) is 0.386. The third-order valence-corrected chi connectivity index (χ3v) is 4.67. The van der Waals surface area contributed by atoms with Gasteiger partial charge in [-0.2, -0.15) is 11.3 Å². The predicted octanol–water partition coefficient (Wildman–Crippen LogP) is 4.42. The highest BCUT2D eigenvalue weighted by Gasteiger charge is 2.21. The molecule has 0 aliphatic carbocycles. The highest BCUT2D eigenvalue weighted by atomic mass is 32.1. The Kier molecular flexibility index (Phi) is 4.13. The molecule has 0 fully saturated rings. The van der Waals surface area contributed by atoms with Crippen LogP contribution in [-0.4, -0.2) is 10.9 Å². The van der Waals surface area contributed by atoms with Crippen LogP contribution in [0.25, 0.3) is 0 Å². The van der Waals surface area contributed by atoms with E-state index in [2.05, 4.69) is 4.98 Å². The summed E-state index contributed by atoms with van der Waals surface area (Å²) in [4.78, 5) is 18.9. The number of rotatable bonds is 4. The molecule has 2 heterocycles. The molecule has 106 valence electrons. The van der Waals surface area contributed by atoms with Crippen LogP contribution in [0.15, 0.2) is 52.5 Å². The van der Waals surface area contributed by atoms with E-state index in [1.54, 1.807) is 16.2 Å². The van der Waals surface area contributed by atoms with Crippen molar-refractivity contribution < 1.29 is 4.79 Å². The summed E-state index contributed by atoms with van der Waals surface area (Å²) in [5.74, 6) is 0.0361. The molecule has 5 heteroatoms. The average Bonchev–Trinajstić information content (AvgIpc) is 3.13. The lowest BCUT2D eigenvalue weighted by Gasteiger charge is -2.19. The number of benzene rings is 1. The van der Waals surface area contributed by atoms with Gasteiger partial charge >= 0.3 is 0 Å². The fourth-order valence-electron chi connectivity index (χ4n) is 2.03. The van der Waals surface area contributed by atoms with E-state index in [-0.39, 0.29) is 5.91 Å². The number of thiazole rings is 1. The van der Waals surface area contributed by atoms with Crippen LogP contribution in [0.5, 0.6) is 0 Å². The van der Waals surface area contributed by atoms with Gasteiger partial charge in [0.25, 0.3) is 0 Å². The number of aromatic nitrogens is 1. The van der Waals surface area contributed by atoms with Gasteiger partial charge in [0.05, 0.1) is 17.8 Å². The van der Waals surface area contributed by atoms with Crippen LogP contribution in [0.3, 0.4) is 0 Å². The summed E-state index contributed by atoms with van der Waals surface area (Å²) >= 11 is 3.10. The molecule has 2 aromatic heterocycles. The molecule has 0 spiro atoms. The molecule has 1 amide bonds. The minimum absolute atomic E-state index is 0.0361. The molecular formula is C16H14N2OS2. The average molecular weight is 314 g/mol. The van der Waals surface area contributed by atoms with Crippen LogP contribution >= 0.6 is 22.7 Å². The van der Waals surface area contributed by atoms with Crippen molar-refractivity contribution in [3.05, 3.63) is 63.8 Å². The first-order valence-electron chi connectivity index (χ1n) is 6.55. The highest BCUT2D eigenvalue weighted by molar-refractivity contribution is 7.14. The summed E-state index contributed by atoms with van der Waals surface area (Å²) in [5, 5.41) is 6.68. The van der Waals surface area contributed by atoms with E-state index in [1.165, 1.54) is 11.3 Å². The van der Waals surface area contributed by atoms with Crippen LogP contribution in [0.2, 0.25) is 0 Å².